The Bertz CT molecular complexity index is 431. The zero-order valence-electron chi connectivity index (χ0n) is 10.3. The number of hydrogen-bond acceptors (Lipinski definition) is 3. The van der Waals surface area contributed by atoms with Crippen molar-refractivity contribution >= 4 is 11.6 Å². The molecule has 1 unspecified atom stereocenters. The molecule has 92 valence electrons. The molecule has 0 saturated carbocycles. The second-order valence-electron chi connectivity index (χ2n) is 4.26. The van der Waals surface area contributed by atoms with Crippen molar-refractivity contribution in [2.24, 2.45) is 5.73 Å². The number of hydrogen-bond donors (Lipinski definition) is 1. The SMILES string of the molecule is CCCN1C(=O)C(C)Oc2ccc(CN)cc21. The van der Waals surface area contributed by atoms with E-state index in [1.54, 1.807) is 11.8 Å². The molecule has 1 heterocycles. The summed E-state index contributed by atoms with van der Waals surface area (Å²) in [6.07, 6.45) is 0.517. The molecule has 2 N–H and O–H groups in total. The van der Waals surface area contributed by atoms with Crippen LogP contribution < -0.4 is 15.4 Å². The zero-order chi connectivity index (χ0) is 12.4. The average Bonchev–Trinajstić information content (AvgIpc) is 2.34. The molecule has 1 aliphatic heterocycles. The largest absolute Gasteiger partial charge is 0.479 e. The Morgan fingerprint density at radius 1 is 1.47 bits per heavy atom. The Balaban J connectivity index is 2.43. The van der Waals surface area contributed by atoms with Crippen molar-refractivity contribution in [1.29, 1.82) is 0 Å². The van der Waals surface area contributed by atoms with Gasteiger partial charge in [-0.3, -0.25) is 4.79 Å². The number of ether oxygens (including phenoxy) is 1. The van der Waals surface area contributed by atoms with Gasteiger partial charge in [-0.25, -0.2) is 0 Å². The maximum Gasteiger partial charge on any atom is 0.267 e. The predicted molar refractivity (Wildman–Crippen MR) is 67.1 cm³/mol. The van der Waals surface area contributed by atoms with E-state index in [1.165, 1.54) is 0 Å². The summed E-state index contributed by atoms with van der Waals surface area (Å²) in [7, 11) is 0. The van der Waals surface area contributed by atoms with Crippen LogP contribution in [0.15, 0.2) is 18.2 Å². The number of anilines is 1. The number of nitrogens with zero attached hydrogens (tertiary/aromatic N) is 1. The fourth-order valence-electron chi connectivity index (χ4n) is 2.03. The summed E-state index contributed by atoms with van der Waals surface area (Å²) in [5.41, 5.74) is 7.48. The van der Waals surface area contributed by atoms with Crippen LogP contribution in [0.25, 0.3) is 0 Å². The number of rotatable bonds is 3. The van der Waals surface area contributed by atoms with E-state index >= 15 is 0 Å². The molecule has 0 saturated heterocycles. The molecule has 0 radical (unpaired) electrons. The van der Waals surface area contributed by atoms with Gasteiger partial charge in [0.05, 0.1) is 5.69 Å². The number of carbonyl (C=O) groups excluding carboxylic acids is 1. The molecule has 1 amide bonds. The van der Waals surface area contributed by atoms with Gasteiger partial charge >= 0.3 is 0 Å². The van der Waals surface area contributed by atoms with Gasteiger partial charge in [0.25, 0.3) is 5.91 Å². The molecule has 0 fully saturated rings. The molecular formula is C13H18N2O2. The van der Waals surface area contributed by atoms with Crippen molar-refractivity contribution in [2.45, 2.75) is 32.9 Å². The number of benzene rings is 1. The van der Waals surface area contributed by atoms with Gasteiger partial charge in [0.2, 0.25) is 0 Å². The molecule has 1 atom stereocenters. The van der Waals surface area contributed by atoms with Crippen molar-refractivity contribution in [2.75, 3.05) is 11.4 Å². The van der Waals surface area contributed by atoms with E-state index in [2.05, 4.69) is 6.92 Å². The molecule has 0 spiro atoms. The van der Waals surface area contributed by atoms with Gasteiger partial charge in [0.15, 0.2) is 6.10 Å². The van der Waals surface area contributed by atoms with Crippen LogP contribution in [0, 0.1) is 0 Å². The van der Waals surface area contributed by atoms with Crippen LogP contribution in [0.2, 0.25) is 0 Å². The molecule has 1 aliphatic rings. The molecule has 2 rings (SSSR count). The highest BCUT2D eigenvalue weighted by Gasteiger charge is 2.30. The van der Waals surface area contributed by atoms with E-state index in [0.717, 1.165) is 23.4 Å². The van der Waals surface area contributed by atoms with Crippen LogP contribution in [0.1, 0.15) is 25.8 Å². The third-order valence-corrected chi connectivity index (χ3v) is 2.91. The Kier molecular flexibility index (Phi) is 3.33. The second-order valence-corrected chi connectivity index (χ2v) is 4.26. The van der Waals surface area contributed by atoms with Crippen molar-refractivity contribution in [3.63, 3.8) is 0 Å². The Morgan fingerprint density at radius 2 is 2.24 bits per heavy atom. The minimum atomic E-state index is -0.405. The summed E-state index contributed by atoms with van der Waals surface area (Å²) in [4.78, 5) is 13.8. The summed E-state index contributed by atoms with van der Waals surface area (Å²) in [5, 5.41) is 0. The van der Waals surface area contributed by atoms with Crippen LogP contribution in [-0.2, 0) is 11.3 Å². The topological polar surface area (TPSA) is 55.6 Å². The monoisotopic (exact) mass is 234 g/mol. The van der Waals surface area contributed by atoms with Gasteiger partial charge in [0, 0.05) is 13.1 Å². The van der Waals surface area contributed by atoms with Crippen molar-refractivity contribution in [3.05, 3.63) is 23.8 Å². The lowest BCUT2D eigenvalue weighted by molar-refractivity contribution is -0.125. The third kappa shape index (κ3) is 2.13. The van der Waals surface area contributed by atoms with Gasteiger partial charge in [0.1, 0.15) is 5.75 Å². The normalized spacial score (nSPS) is 18.9. The smallest absolute Gasteiger partial charge is 0.267 e. The highest BCUT2D eigenvalue weighted by molar-refractivity contribution is 5.99. The van der Waals surface area contributed by atoms with Crippen LogP contribution in [0.3, 0.4) is 0 Å². The predicted octanol–water partition coefficient (Wildman–Crippen LogP) is 1.67. The number of carbonyl (C=O) groups is 1. The number of amides is 1. The maximum absolute atomic E-state index is 12.0. The third-order valence-electron chi connectivity index (χ3n) is 2.91. The molecule has 4 heteroatoms. The molecule has 1 aromatic carbocycles. The van der Waals surface area contributed by atoms with Gasteiger partial charge in [-0.05, 0) is 31.0 Å². The first-order valence-corrected chi connectivity index (χ1v) is 5.98. The fourth-order valence-corrected chi connectivity index (χ4v) is 2.03. The van der Waals surface area contributed by atoms with Gasteiger partial charge < -0.3 is 15.4 Å². The van der Waals surface area contributed by atoms with E-state index in [-0.39, 0.29) is 5.91 Å². The van der Waals surface area contributed by atoms with Crippen LogP contribution >= 0.6 is 0 Å². The van der Waals surface area contributed by atoms with Crippen LogP contribution in [-0.4, -0.2) is 18.6 Å². The maximum atomic E-state index is 12.0. The van der Waals surface area contributed by atoms with Crippen molar-refractivity contribution in [1.82, 2.24) is 0 Å². The summed E-state index contributed by atoms with van der Waals surface area (Å²) < 4.78 is 5.59. The molecular weight excluding hydrogens is 216 g/mol. The quantitative estimate of drug-likeness (QED) is 0.865. The molecule has 0 aliphatic carbocycles. The highest BCUT2D eigenvalue weighted by atomic mass is 16.5. The first-order chi connectivity index (χ1) is 8.17. The number of fused-ring (bicyclic) bond motifs is 1. The molecule has 1 aromatic rings. The van der Waals surface area contributed by atoms with Crippen molar-refractivity contribution in [3.8, 4) is 5.75 Å². The fraction of sp³-hybridized carbons (Fsp3) is 0.462. The zero-order valence-corrected chi connectivity index (χ0v) is 10.3. The summed E-state index contributed by atoms with van der Waals surface area (Å²) in [6.45, 7) is 5.02. The van der Waals surface area contributed by atoms with E-state index in [4.69, 9.17) is 10.5 Å². The Labute approximate surface area is 101 Å². The van der Waals surface area contributed by atoms with E-state index < -0.39 is 6.10 Å². The minimum Gasteiger partial charge on any atom is -0.479 e. The van der Waals surface area contributed by atoms with Gasteiger partial charge in [-0.2, -0.15) is 0 Å². The lowest BCUT2D eigenvalue weighted by Gasteiger charge is -2.33. The van der Waals surface area contributed by atoms with E-state index in [1.807, 2.05) is 18.2 Å². The minimum absolute atomic E-state index is 0.0218. The average molecular weight is 234 g/mol. The summed E-state index contributed by atoms with van der Waals surface area (Å²) >= 11 is 0. The van der Waals surface area contributed by atoms with Crippen molar-refractivity contribution < 1.29 is 9.53 Å². The number of nitrogens with two attached hydrogens (primary N) is 1. The molecule has 4 nitrogen and oxygen atoms in total. The van der Waals surface area contributed by atoms with Gasteiger partial charge in [-0.15, -0.1) is 0 Å². The molecule has 0 aromatic heterocycles. The van der Waals surface area contributed by atoms with Crippen LogP contribution in [0.4, 0.5) is 5.69 Å². The lowest BCUT2D eigenvalue weighted by atomic mass is 10.1. The summed E-state index contributed by atoms with van der Waals surface area (Å²) in [6, 6.07) is 5.77. The van der Waals surface area contributed by atoms with Crippen LogP contribution in [0.5, 0.6) is 5.75 Å². The first-order valence-electron chi connectivity index (χ1n) is 5.98. The lowest BCUT2D eigenvalue weighted by Crippen LogP contribution is -2.44. The van der Waals surface area contributed by atoms with E-state index in [9.17, 15) is 4.79 Å². The van der Waals surface area contributed by atoms with E-state index in [0.29, 0.717) is 13.1 Å². The second kappa shape index (κ2) is 4.75. The highest BCUT2D eigenvalue weighted by Crippen LogP contribution is 2.34. The summed E-state index contributed by atoms with van der Waals surface area (Å²) in [5.74, 6) is 0.788. The standard InChI is InChI=1S/C13H18N2O2/c1-3-6-15-11-7-10(8-14)4-5-12(11)17-9(2)13(15)16/h4-5,7,9H,3,6,8,14H2,1-2H3. The Hall–Kier alpha value is -1.55. The molecule has 0 bridgehead atoms. The molecule has 17 heavy (non-hydrogen) atoms. The van der Waals surface area contributed by atoms with Gasteiger partial charge in [-0.1, -0.05) is 13.0 Å². The Morgan fingerprint density at radius 3 is 2.88 bits per heavy atom. The first kappa shape index (κ1) is 11.9.